The van der Waals surface area contributed by atoms with E-state index in [0.29, 0.717) is 0 Å². The van der Waals surface area contributed by atoms with Gasteiger partial charge in [-0.05, 0) is 17.5 Å². The molecule has 6 heteroatoms. The van der Waals surface area contributed by atoms with Crippen LogP contribution in [0.4, 0.5) is 13.2 Å². The third-order valence-electron chi connectivity index (χ3n) is 5.42. The van der Waals surface area contributed by atoms with E-state index in [9.17, 15) is 13.2 Å². The topological polar surface area (TPSA) is 34.5 Å². The Labute approximate surface area is 179 Å². The van der Waals surface area contributed by atoms with Crippen molar-refractivity contribution >= 4 is 5.90 Å². The summed E-state index contributed by atoms with van der Waals surface area (Å²) in [4.78, 5) is 8.90. The van der Waals surface area contributed by atoms with Crippen LogP contribution in [0.25, 0.3) is 0 Å². The zero-order valence-electron chi connectivity index (χ0n) is 17.5. The largest absolute Gasteiger partial charge is 0.458 e. The first kappa shape index (κ1) is 21.1. The minimum absolute atomic E-state index is 0.237. The van der Waals surface area contributed by atoms with E-state index in [1.54, 1.807) is 0 Å². The maximum absolute atomic E-state index is 13.0. The number of rotatable bonds is 3. The van der Waals surface area contributed by atoms with Gasteiger partial charge in [-0.25, -0.2) is 4.99 Å². The lowest BCUT2D eigenvalue weighted by Crippen LogP contribution is -2.45. The van der Waals surface area contributed by atoms with Crippen LogP contribution in [0.2, 0.25) is 0 Å². The zero-order valence-corrected chi connectivity index (χ0v) is 17.5. The Morgan fingerprint density at radius 2 is 1.35 bits per heavy atom. The van der Waals surface area contributed by atoms with Crippen LogP contribution in [0.1, 0.15) is 43.2 Å². The van der Waals surface area contributed by atoms with E-state index >= 15 is 0 Å². The summed E-state index contributed by atoms with van der Waals surface area (Å²) < 4.78 is 45.5. The van der Waals surface area contributed by atoms with Crippen molar-refractivity contribution in [2.24, 2.45) is 10.4 Å². The summed E-state index contributed by atoms with van der Waals surface area (Å²) >= 11 is 0. The van der Waals surface area contributed by atoms with E-state index in [1.807, 2.05) is 60.7 Å². The van der Waals surface area contributed by atoms with Crippen LogP contribution >= 0.6 is 0 Å². The number of ether oxygens (including phenoxy) is 1. The van der Waals surface area contributed by atoms with Gasteiger partial charge in [-0.15, -0.1) is 0 Å². The van der Waals surface area contributed by atoms with Gasteiger partial charge in [-0.2, -0.15) is 13.2 Å². The molecule has 0 bridgehead atoms. The molecule has 0 fully saturated rings. The molecule has 0 radical (unpaired) electrons. The van der Waals surface area contributed by atoms with Crippen LogP contribution in [0.15, 0.2) is 84.0 Å². The monoisotopic (exact) mass is 424 g/mol. The molecule has 0 unspecified atom stereocenters. The van der Waals surface area contributed by atoms with Gasteiger partial charge in [0.05, 0.1) is 5.56 Å². The third kappa shape index (κ3) is 3.82. The summed E-state index contributed by atoms with van der Waals surface area (Å²) in [6, 6.07) is 21.6. The van der Waals surface area contributed by atoms with Gasteiger partial charge in [0.2, 0.25) is 5.90 Å². The van der Waals surface area contributed by atoms with Gasteiger partial charge in [0, 0.05) is 17.3 Å². The molecule has 2 aromatic carbocycles. The summed E-state index contributed by atoms with van der Waals surface area (Å²) in [5.41, 5.74) is 0.0778. The summed E-state index contributed by atoms with van der Waals surface area (Å²) in [6.45, 7) is 6.23. The zero-order chi connectivity index (χ0) is 22.3. The molecule has 0 saturated heterocycles. The second-order valence-corrected chi connectivity index (χ2v) is 8.70. The first-order valence-electron chi connectivity index (χ1n) is 10.0. The molecule has 0 N–H and O–H groups in total. The number of hydrogen-bond donors (Lipinski definition) is 0. The lowest BCUT2D eigenvalue weighted by Gasteiger charge is -2.40. The number of halogens is 3. The Kier molecular flexibility index (Phi) is 5.12. The minimum Gasteiger partial charge on any atom is -0.458 e. The molecular weight excluding hydrogens is 401 g/mol. The van der Waals surface area contributed by atoms with E-state index < -0.39 is 17.3 Å². The molecule has 4 rings (SSSR count). The number of benzene rings is 2. The fraction of sp³-hybridized carbons (Fsp3) is 0.280. The maximum atomic E-state index is 13.0. The van der Waals surface area contributed by atoms with Gasteiger partial charge in [0.15, 0.2) is 5.60 Å². The molecular formula is C25H23F3N2O. The predicted molar refractivity (Wildman–Crippen MR) is 114 cm³/mol. The average molecular weight is 424 g/mol. The third-order valence-corrected chi connectivity index (χ3v) is 5.42. The second-order valence-electron chi connectivity index (χ2n) is 8.70. The highest BCUT2D eigenvalue weighted by Crippen LogP contribution is 2.49. The summed E-state index contributed by atoms with van der Waals surface area (Å²) in [7, 11) is 0. The molecule has 0 saturated carbocycles. The first-order valence-corrected chi connectivity index (χ1v) is 10.0. The molecule has 3 aromatic rings. The summed E-state index contributed by atoms with van der Waals surface area (Å²) in [5, 5.41) is 0. The van der Waals surface area contributed by atoms with Gasteiger partial charge in [0.1, 0.15) is 11.7 Å². The van der Waals surface area contributed by atoms with Gasteiger partial charge in [-0.1, -0.05) is 81.4 Å². The number of aliphatic imine (C=N–C) groups is 1. The van der Waals surface area contributed by atoms with E-state index in [4.69, 9.17) is 9.73 Å². The molecule has 3 nitrogen and oxygen atoms in total. The minimum atomic E-state index is -4.45. The van der Waals surface area contributed by atoms with Gasteiger partial charge >= 0.3 is 6.18 Å². The fourth-order valence-electron chi connectivity index (χ4n) is 4.02. The van der Waals surface area contributed by atoms with Crippen LogP contribution < -0.4 is 0 Å². The SMILES string of the molecule is CC(C)(C)[C@@H]1N=C(c2ccc(C(F)(F)F)cn2)OC1(c1ccccc1)c1ccccc1. The number of nitrogens with zero attached hydrogens (tertiary/aromatic N) is 2. The second kappa shape index (κ2) is 7.52. The summed E-state index contributed by atoms with van der Waals surface area (Å²) in [5.74, 6) is 0.237. The Hall–Kier alpha value is -3.15. The van der Waals surface area contributed by atoms with Crippen LogP contribution in [0.5, 0.6) is 0 Å². The lowest BCUT2D eigenvalue weighted by atomic mass is 9.70. The Morgan fingerprint density at radius 3 is 1.77 bits per heavy atom. The van der Waals surface area contributed by atoms with E-state index in [2.05, 4.69) is 25.8 Å². The van der Waals surface area contributed by atoms with Crippen molar-refractivity contribution in [3.05, 3.63) is 101 Å². The molecule has 1 aliphatic heterocycles. The van der Waals surface area contributed by atoms with Crippen molar-refractivity contribution in [3.63, 3.8) is 0 Å². The Bertz CT molecular complexity index is 1030. The molecule has 0 aliphatic carbocycles. The number of aromatic nitrogens is 1. The highest BCUT2D eigenvalue weighted by atomic mass is 19.4. The predicted octanol–water partition coefficient (Wildman–Crippen LogP) is 6.24. The average Bonchev–Trinajstić information content (AvgIpc) is 3.17. The smallest absolute Gasteiger partial charge is 0.417 e. The van der Waals surface area contributed by atoms with Gasteiger partial charge in [0.25, 0.3) is 0 Å². The molecule has 1 aromatic heterocycles. The van der Waals surface area contributed by atoms with E-state index in [-0.39, 0.29) is 23.0 Å². The van der Waals surface area contributed by atoms with Crippen molar-refractivity contribution < 1.29 is 17.9 Å². The van der Waals surface area contributed by atoms with Crippen molar-refractivity contribution in [2.45, 2.75) is 38.6 Å². The summed E-state index contributed by atoms with van der Waals surface area (Å²) in [6.07, 6.45) is -3.63. The number of alkyl halides is 3. The van der Waals surface area contributed by atoms with Crippen molar-refractivity contribution in [1.82, 2.24) is 4.98 Å². The standard InChI is InChI=1S/C25H23F3N2O/c1-23(2,3)22-24(17-10-6-4-7-11-17,18-12-8-5-9-13-18)31-21(30-22)20-15-14-19(16-29-20)25(26,27)28/h4-16,22H,1-3H3/t22-/m0/s1. The number of pyridine rings is 1. The van der Waals surface area contributed by atoms with E-state index in [1.165, 1.54) is 6.07 Å². The molecule has 2 heterocycles. The molecule has 0 amide bonds. The first-order chi connectivity index (χ1) is 14.6. The Balaban J connectivity index is 1.87. The molecule has 1 aliphatic rings. The van der Waals surface area contributed by atoms with Crippen molar-refractivity contribution in [1.29, 1.82) is 0 Å². The molecule has 31 heavy (non-hydrogen) atoms. The highest BCUT2D eigenvalue weighted by molar-refractivity contribution is 5.94. The van der Waals surface area contributed by atoms with Crippen LogP contribution in [0, 0.1) is 5.41 Å². The number of hydrogen-bond acceptors (Lipinski definition) is 3. The molecule has 0 spiro atoms. The molecule has 1 atom stereocenters. The van der Waals surface area contributed by atoms with Crippen molar-refractivity contribution in [2.75, 3.05) is 0 Å². The Morgan fingerprint density at radius 1 is 0.806 bits per heavy atom. The van der Waals surface area contributed by atoms with Gasteiger partial charge < -0.3 is 4.74 Å². The molecule has 160 valence electrons. The van der Waals surface area contributed by atoms with Crippen LogP contribution in [0.3, 0.4) is 0 Å². The van der Waals surface area contributed by atoms with Crippen LogP contribution in [-0.2, 0) is 16.5 Å². The van der Waals surface area contributed by atoms with Crippen LogP contribution in [-0.4, -0.2) is 16.9 Å². The normalized spacial score (nSPS) is 18.4. The van der Waals surface area contributed by atoms with Crippen molar-refractivity contribution in [3.8, 4) is 0 Å². The maximum Gasteiger partial charge on any atom is 0.417 e. The fourth-order valence-corrected chi connectivity index (χ4v) is 4.02. The lowest BCUT2D eigenvalue weighted by molar-refractivity contribution is -0.137. The van der Waals surface area contributed by atoms with E-state index in [0.717, 1.165) is 23.4 Å². The van der Waals surface area contributed by atoms with Gasteiger partial charge in [-0.3, -0.25) is 4.98 Å². The quantitative estimate of drug-likeness (QED) is 0.499. The highest BCUT2D eigenvalue weighted by Gasteiger charge is 2.54.